The summed E-state index contributed by atoms with van der Waals surface area (Å²) in [6, 6.07) is 11.1. The van der Waals surface area contributed by atoms with Crippen LogP contribution in [0.5, 0.6) is 0 Å². The van der Waals surface area contributed by atoms with Gasteiger partial charge in [0.1, 0.15) is 0 Å². The van der Waals surface area contributed by atoms with E-state index in [2.05, 4.69) is 47.5 Å². The van der Waals surface area contributed by atoms with Gasteiger partial charge in [0.05, 0.1) is 0 Å². The molecule has 3 nitrogen and oxygen atoms in total. The van der Waals surface area contributed by atoms with E-state index in [4.69, 9.17) is 0 Å². The van der Waals surface area contributed by atoms with Gasteiger partial charge in [-0.25, -0.2) is 0 Å². The van der Waals surface area contributed by atoms with Crippen molar-refractivity contribution in [2.24, 2.45) is 0 Å². The topological polar surface area (TPSA) is 32.3 Å². The van der Waals surface area contributed by atoms with Crippen LogP contribution in [0, 0.1) is 0 Å². The van der Waals surface area contributed by atoms with E-state index in [1.807, 2.05) is 0 Å². The molecular weight excluding hydrogens is 268 g/mol. The third-order valence-corrected chi connectivity index (χ3v) is 5.47. The second-order valence-corrected chi connectivity index (χ2v) is 7.47. The molecule has 20 heavy (non-hydrogen) atoms. The molecule has 1 fully saturated rings. The molecule has 3 atom stereocenters. The minimum Gasteiger partial charge on any atom is -0.309 e. The summed E-state index contributed by atoms with van der Waals surface area (Å²) in [5.74, 6) is 0. The molecule has 3 unspecified atom stereocenters. The summed E-state index contributed by atoms with van der Waals surface area (Å²) in [6.45, 7) is 6.39. The largest absolute Gasteiger partial charge is 0.309 e. The van der Waals surface area contributed by atoms with Gasteiger partial charge in [-0.1, -0.05) is 37.3 Å². The fourth-order valence-electron chi connectivity index (χ4n) is 2.64. The average molecular weight is 294 g/mol. The van der Waals surface area contributed by atoms with Crippen molar-refractivity contribution in [1.82, 2.24) is 10.2 Å². The molecule has 2 rings (SSSR count). The van der Waals surface area contributed by atoms with Crippen LogP contribution in [0.2, 0.25) is 0 Å². The fraction of sp³-hybridized carbons (Fsp3) is 0.625. The van der Waals surface area contributed by atoms with Crippen molar-refractivity contribution in [3.05, 3.63) is 35.9 Å². The van der Waals surface area contributed by atoms with E-state index >= 15 is 0 Å². The van der Waals surface area contributed by atoms with E-state index in [1.165, 1.54) is 12.0 Å². The van der Waals surface area contributed by atoms with Crippen LogP contribution >= 0.6 is 0 Å². The lowest BCUT2D eigenvalue weighted by Crippen LogP contribution is -2.33. The van der Waals surface area contributed by atoms with E-state index in [0.29, 0.717) is 11.3 Å². The van der Waals surface area contributed by atoms with E-state index in [0.717, 1.165) is 32.6 Å². The number of benzene rings is 1. The number of hydrogen-bond donors (Lipinski definition) is 1. The SMILES string of the molecule is CC(CCN1CCCNC(c2ccccc2)C1)S(C)=O. The van der Waals surface area contributed by atoms with Crippen LogP contribution in [0.25, 0.3) is 0 Å². The van der Waals surface area contributed by atoms with E-state index in [9.17, 15) is 4.21 Å². The molecule has 1 N–H and O–H groups in total. The van der Waals surface area contributed by atoms with Crippen molar-refractivity contribution in [3.63, 3.8) is 0 Å². The first-order valence-electron chi connectivity index (χ1n) is 7.49. The summed E-state index contributed by atoms with van der Waals surface area (Å²) in [5.41, 5.74) is 1.37. The molecule has 1 saturated heterocycles. The second kappa shape index (κ2) is 7.91. The van der Waals surface area contributed by atoms with Crippen molar-refractivity contribution >= 4 is 10.8 Å². The van der Waals surface area contributed by atoms with Gasteiger partial charge >= 0.3 is 0 Å². The third-order valence-electron chi connectivity index (χ3n) is 4.10. The molecule has 1 aromatic rings. The van der Waals surface area contributed by atoms with Gasteiger partial charge in [-0.3, -0.25) is 4.21 Å². The van der Waals surface area contributed by atoms with Crippen molar-refractivity contribution in [1.29, 1.82) is 0 Å². The molecule has 1 heterocycles. The standard InChI is InChI=1S/C16H26N2OS/c1-14(20(2)19)9-12-18-11-6-10-17-16(13-18)15-7-4-3-5-8-15/h3-5,7-8,14,16-17H,6,9-13H2,1-2H3. The van der Waals surface area contributed by atoms with Crippen LogP contribution in [-0.2, 0) is 10.8 Å². The maximum absolute atomic E-state index is 11.5. The lowest BCUT2D eigenvalue weighted by atomic mass is 10.1. The zero-order valence-corrected chi connectivity index (χ0v) is 13.4. The molecular formula is C16H26N2OS. The Kier molecular flexibility index (Phi) is 6.20. The van der Waals surface area contributed by atoms with Crippen LogP contribution in [0.4, 0.5) is 0 Å². The lowest BCUT2D eigenvalue weighted by molar-refractivity contribution is 0.265. The third kappa shape index (κ3) is 4.69. The summed E-state index contributed by atoms with van der Waals surface area (Å²) in [5, 5.41) is 3.93. The minimum atomic E-state index is -0.706. The van der Waals surface area contributed by atoms with Gasteiger partial charge in [0, 0.05) is 34.9 Å². The van der Waals surface area contributed by atoms with Crippen LogP contribution < -0.4 is 5.32 Å². The van der Waals surface area contributed by atoms with Gasteiger partial charge in [-0.2, -0.15) is 0 Å². The van der Waals surface area contributed by atoms with Crippen LogP contribution in [0.3, 0.4) is 0 Å². The Morgan fingerprint density at radius 2 is 2.15 bits per heavy atom. The maximum atomic E-state index is 11.5. The van der Waals surface area contributed by atoms with Gasteiger partial charge in [-0.05, 0) is 38.0 Å². The van der Waals surface area contributed by atoms with Gasteiger partial charge in [0.25, 0.3) is 0 Å². The smallest absolute Gasteiger partial charge is 0.0449 e. The highest BCUT2D eigenvalue weighted by atomic mass is 32.2. The molecule has 0 aliphatic carbocycles. The molecule has 0 bridgehead atoms. The van der Waals surface area contributed by atoms with Crippen molar-refractivity contribution in [2.75, 3.05) is 32.4 Å². The molecule has 1 aliphatic rings. The minimum absolute atomic E-state index is 0.293. The molecule has 1 aromatic carbocycles. The normalized spacial score (nSPS) is 24.0. The van der Waals surface area contributed by atoms with Crippen LogP contribution in [0.1, 0.15) is 31.4 Å². The average Bonchev–Trinajstić information content (AvgIpc) is 2.71. The van der Waals surface area contributed by atoms with Gasteiger partial charge < -0.3 is 10.2 Å². The predicted molar refractivity (Wildman–Crippen MR) is 86.4 cm³/mol. The summed E-state index contributed by atoms with van der Waals surface area (Å²) < 4.78 is 11.5. The molecule has 4 heteroatoms. The van der Waals surface area contributed by atoms with Gasteiger partial charge in [0.15, 0.2) is 0 Å². The second-order valence-electron chi connectivity index (χ2n) is 5.67. The highest BCUT2D eigenvalue weighted by Crippen LogP contribution is 2.17. The number of nitrogens with zero attached hydrogens (tertiary/aromatic N) is 1. The Balaban J connectivity index is 1.92. The Morgan fingerprint density at radius 1 is 1.40 bits per heavy atom. The highest BCUT2D eigenvalue weighted by Gasteiger charge is 2.19. The first kappa shape index (κ1) is 15.7. The molecule has 0 aromatic heterocycles. The summed E-state index contributed by atoms with van der Waals surface area (Å²) >= 11 is 0. The Morgan fingerprint density at radius 3 is 2.85 bits per heavy atom. The van der Waals surface area contributed by atoms with Crippen molar-refractivity contribution < 1.29 is 4.21 Å². The quantitative estimate of drug-likeness (QED) is 0.903. The molecule has 1 aliphatic heterocycles. The van der Waals surface area contributed by atoms with Gasteiger partial charge in [0.2, 0.25) is 0 Å². The maximum Gasteiger partial charge on any atom is 0.0449 e. The van der Waals surface area contributed by atoms with E-state index in [-0.39, 0.29) is 0 Å². The molecule has 112 valence electrons. The monoisotopic (exact) mass is 294 g/mol. The zero-order chi connectivity index (χ0) is 14.4. The molecule has 0 radical (unpaired) electrons. The Labute approximate surface area is 125 Å². The van der Waals surface area contributed by atoms with Crippen molar-refractivity contribution in [3.8, 4) is 0 Å². The summed E-state index contributed by atoms with van der Waals surface area (Å²) in [4.78, 5) is 2.51. The number of hydrogen-bond acceptors (Lipinski definition) is 3. The Bertz CT molecular complexity index is 424. The lowest BCUT2D eigenvalue weighted by Gasteiger charge is -2.25. The summed E-state index contributed by atoms with van der Waals surface area (Å²) in [6.07, 6.45) is 4.01. The fourth-order valence-corrected chi connectivity index (χ4v) is 3.07. The molecule has 0 amide bonds. The number of rotatable bonds is 5. The predicted octanol–water partition coefficient (Wildman–Crippen LogP) is 2.18. The highest BCUT2D eigenvalue weighted by molar-refractivity contribution is 7.84. The molecule has 0 saturated carbocycles. The van der Waals surface area contributed by atoms with Crippen molar-refractivity contribution in [2.45, 2.75) is 31.1 Å². The van der Waals surface area contributed by atoms with E-state index in [1.54, 1.807) is 6.26 Å². The van der Waals surface area contributed by atoms with E-state index < -0.39 is 10.8 Å². The van der Waals surface area contributed by atoms with Crippen LogP contribution in [-0.4, -0.2) is 46.8 Å². The van der Waals surface area contributed by atoms with Gasteiger partial charge in [-0.15, -0.1) is 0 Å². The first-order valence-corrected chi connectivity index (χ1v) is 9.12. The summed E-state index contributed by atoms with van der Waals surface area (Å²) in [7, 11) is -0.706. The molecule has 0 spiro atoms. The van der Waals surface area contributed by atoms with Crippen LogP contribution in [0.15, 0.2) is 30.3 Å². The zero-order valence-electron chi connectivity index (χ0n) is 12.5. The first-order chi connectivity index (χ1) is 9.66. The number of nitrogens with one attached hydrogen (secondary N) is 1. The Hall–Kier alpha value is -0.710.